The van der Waals surface area contributed by atoms with Gasteiger partial charge in [-0.1, -0.05) is 20.3 Å². The van der Waals surface area contributed by atoms with Crippen molar-refractivity contribution in [2.75, 3.05) is 25.5 Å². The number of esters is 1. The van der Waals surface area contributed by atoms with Gasteiger partial charge in [0.15, 0.2) is 0 Å². The molecule has 2 atom stereocenters. The summed E-state index contributed by atoms with van der Waals surface area (Å²) in [7, 11) is 0. The minimum absolute atomic E-state index is 0.159. The van der Waals surface area contributed by atoms with Gasteiger partial charge >= 0.3 is 5.97 Å². The van der Waals surface area contributed by atoms with Gasteiger partial charge < -0.3 is 15.2 Å². The Kier molecular flexibility index (Phi) is 10.4. The van der Waals surface area contributed by atoms with Gasteiger partial charge in [0.25, 0.3) is 0 Å². The van der Waals surface area contributed by atoms with Crippen molar-refractivity contribution >= 4 is 17.7 Å². The Bertz CT molecular complexity index is 251. The van der Waals surface area contributed by atoms with Crippen LogP contribution in [-0.4, -0.2) is 47.4 Å². The summed E-state index contributed by atoms with van der Waals surface area (Å²) in [6.07, 6.45) is 2.82. The van der Waals surface area contributed by atoms with E-state index in [0.29, 0.717) is 11.9 Å². The fourth-order valence-corrected chi connectivity index (χ4v) is 2.74. The van der Waals surface area contributed by atoms with Crippen molar-refractivity contribution in [3.63, 3.8) is 0 Å². The van der Waals surface area contributed by atoms with Gasteiger partial charge in [-0.3, -0.25) is 4.79 Å². The second-order valence-corrected chi connectivity index (χ2v) is 6.45. The van der Waals surface area contributed by atoms with Crippen molar-refractivity contribution in [2.24, 2.45) is 0 Å². The molecule has 2 N–H and O–H groups in total. The fourth-order valence-electron chi connectivity index (χ4n) is 1.86. The molecule has 4 nitrogen and oxygen atoms in total. The highest BCUT2D eigenvalue weighted by Crippen LogP contribution is 2.19. The third kappa shape index (κ3) is 7.80. The first kappa shape index (κ1) is 18.7. The molecule has 2 unspecified atom stereocenters. The summed E-state index contributed by atoms with van der Waals surface area (Å²) in [6.45, 7) is 9.16. The Hall–Kier alpha value is -0.260. The highest BCUT2D eigenvalue weighted by atomic mass is 32.2. The molecule has 0 aromatic heterocycles. The molecule has 0 rings (SSSR count). The fraction of sp³-hybridized carbons (Fsp3) is 0.929. The van der Waals surface area contributed by atoms with Crippen molar-refractivity contribution in [1.29, 1.82) is 0 Å². The molecule has 0 bridgehead atoms. The molecule has 0 saturated carbocycles. The zero-order valence-corrected chi connectivity index (χ0v) is 13.5. The average Bonchev–Trinajstić information content (AvgIpc) is 2.38. The summed E-state index contributed by atoms with van der Waals surface area (Å²) >= 11 is 1.77. The van der Waals surface area contributed by atoms with Crippen LogP contribution in [-0.2, 0) is 9.53 Å². The van der Waals surface area contributed by atoms with E-state index in [2.05, 4.69) is 5.32 Å². The molecule has 0 aliphatic heterocycles. The zero-order chi connectivity index (χ0) is 14.7. The Morgan fingerprint density at radius 2 is 2.11 bits per heavy atom. The van der Waals surface area contributed by atoms with Gasteiger partial charge in [-0.25, -0.2) is 0 Å². The summed E-state index contributed by atoms with van der Waals surface area (Å²) in [4.78, 5) is 12.0. The van der Waals surface area contributed by atoms with Crippen LogP contribution in [0.4, 0.5) is 0 Å². The summed E-state index contributed by atoms with van der Waals surface area (Å²) in [5.74, 6) is 0.862. The number of likely N-dealkylation sites (N-methyl/N-ethyl adjacent to an activating group) is 1. The lowest BCUT2D eigenvalue weighted by Crippen LogP contribution is -2.50. The largest absolute Gasteiger partial charge is 0.465 e. The first-order valence-corrected chi connectivity index (χ1v) is 8.19. The topological polar surface area (TPSA) is 58.6 Å². The SMILES string of the molecule is CCNC(C)(CCCCSC(C)CO)C(=O)OCC. The molecule has 0 aliphatic rings. The van der Waals surface area contributed by atoms with Crippen molar-refractivity contribution in [3.05, 3.63) is 0 Å². The van der Waals surface area contributed by atoms with Crippen molar-refractivity contribution in [2.45, 2.75) is 57.7 Å². The number of aliphatic hydroxyl groups excluding tert-OH is 1. The van der Waals surface area contributed by atoms with Gasteiger partial charge in [-0.05, 0) is 39.0 Å². The van der Waals surface area contributed by atoms with Crippen LogP contribution in [0.1, 0.15) is 47.0 Å². The van der Waals surface area contributed by atoms with E-state index >= 15 is 0 Å². The second-order valence-electron chi connectivity index (χ2n) is 4.90. The van der Waals surface area contributed by atoms with Crippen LogP contribution < -0.4 is 5.32 Å². The number of carbonyl (C=O) groups excluding carboxylic acids is 1. The summed E-state index contributed by atoms with van der Waals surface area (Å²) in [5, 5.41) is 12.5. The van der Waals surface area contributed by atoms with Crippen LogP contribution in [0, 0.1) is 0 Å². The second kappa shape index (κ2) is 10.5. The first-order valence-electron chi connectivity index (χ1n) is 7.14. The van der Waals surface area contributed by atoms with Gasteiger partial charge in [0.1, 0.15) is 5.54 Å². The standard InChI is InChI=1S/C14H29NO3S/c1-5-15-14(4,13(17)18-6-2)9-7-8-10-19-12(3)11-16/h12,15-16H,5-11H2,1-4H3. The van der Waals surface area contributed by atoms with E-state index in [-0.39, 0.29) is 12.6 Å². The Labute approximate surface area is 121 Å². The molecule has 114 valence electrons. The smallest absolute Gasteiger partial charge is 0.326 e. The summed E-state index contributed by atoms with van der Waals surface area (Å²) in [6, 6.07) is 0. The number of ether oxygens (including phenoxy) is 1. The molecule has 0 amide bonds. The molecule has 5 heteroatoms. The van der Waals surface area contributed by atoms with Crippen molar-refractivity contribution in [3.8, 4) is 0 Å². The van der Waals surface area contributed by atoms with E-state index in [4.69, 9.17) is 9.84 Å². The quantitative estimate of drug-likeness (QED) is 0.451. The van der Waals surface area contributed by atoms with Crippen LogP contribution in [0.5, 0.6) is 0 Å². The van der Waals surface area contributed by atoms with Crippen LogP contribution in [0.15, 0.2) is 0 Å². The van der Waals surface area contributed by atoms with Gasteiger partial charge in [-0.15, -0.1) is 0 Å². The number of carbonyl (C=O) groups is 1. The lowest BCUT2D eigenvalue weighted by atomic mass is 9.95. The highest BCUT2D eigenvalue weighted by Gasteiger charge is 2.32. The number of aliphatic hydroxyl groups is 1. The molecule has 0 heterocycles. The van der Waals surface area contributed by atoms with Crippen LogP contribution >= 0.6 is 11.8 Å². The lowest BCUT2D eigenvalue weighted by Gasteiger charge is -2.28. The van der Waals surface area contributed by atoms with E-state index < -0.39 is 5.54 Å². The van der Waals surface area contributed by atoms with E-state index in [0.717, 1.165) is 31.6 Å². The monoisotopic (exact) mass is 291 g/mol. The van der Waals surface area contributed by atoms with Gasteiger partial charge in [0, 0.05) is 5.25 Å². The molecule has 19 heavy (non-hydrogen) atoms. The molecule has 0 saturated heterocycles. The van der Waals surface area contributed by atoms with E-state index in [1.165, 1.54) is 0 Å². The molecule has 0 spiro atoms. The highest BCUT2D eigenvalue weighted by molar-refractivity contribution is 7.99. The first-order chi connectivity index (χ1) is 9.00. The third-order valence-corrected chi connectivity index (χ3v) is 4.27. The van der Waals surface area contributed by atoms with Crippen molar-refractivity contribution < 1.29 is 14.6 Å². The Balaban J connectivity index is 4.03. The molecular formula is C14H29NO3S. The maximum absolute atomic E-state index is 12.0. The predicted molar refractivity (Wildman–Crippen MR) is 81.6 cm³/mol. The normalized spacial score (nSPS) is 15.8. The lowest BCUT2D eigenvalue weighted by molar-refractivity contribution is -0.150. The summed E-state index contributed by atoms with van der Waals surface area (Å²) < 4.78 is 5.13. The Morgan fingerprint density at radius 1 is 1.42 bits per heavy atom. The van der Waals surface area contributed by atoms with E-state index in [9.17, 15) is 4.79 Å². The maximum atomic E-state index is 12.0. The number of rotatable bonds is 11. The number of unbranched alkanes of at least 4 members (excludes halogenated alkanes) is 1. The third-order valence-electron chi connectivity index (χ3n) is 3.02. The van der Waals surface area contributed by atoms with Gasteiger partial charge in [-0.2, -0.15) is 11.8 Å². The number of hydrogen-bond acceptors (Lipinski definition) is 5. The maximum Gasteiger partial charge on any atom is 0.326 e. The van der Waals surface area contributed by atoms with Gasteiger partial charge in [0.05, 0.1) is 13.2 Å². The molecule has 0 aromatic carbocycles. The number of nitrogens with one attached hydrogen (secondary N) is 1. The predicted octanol–water partition coefficient (Wildman–Crippen LogP) is 2.20. The number of thioether (sulfide) groups is 1. The molecule has 0 radical (unpaired) electrons. The van der Waals surface area contributed by atoms with E-state index in [1.807, 2.05) is 27.7 Å². The zero-order valence-electron chi connectivity index (χ0n) is 12.7. The molecule has 0 fully saturated rings. The molecule has 0 aromatic rings. The minimum atomic E-state index is -0.571. The Morgan fingerprint density at radius 3 is 2.63 bits per heavy atom. The van der Waals surface area contributed by atoms with Crippen molar-refractivity contribution in [1.82, 2.24) is 5.32 Å². The molecular weight excluding hydrogens is 262 g/mol. The van der Waals surface area contributed by atoms with Gasteiger partial charge in [0.2, 0.25) is 0 Å². The number of hydrogen-bond donors (Lipinski definition) is 2. The van der Waals surface area contributed by atoms with Crippen LogP contribution in [0.25, 0.3) is 0 Å². The summed E-state index contributed by atoms with van der Waals surface area (Å²) in [5.41, 5.74) is -0.571. The van der Waals surface area contributed by atoms with Crippen LogP contribution in [0.3, 0.4) is 0 Å². The molecule has 0 aliphatic carbocycles. The van der Waals surface area contributed by atoms with Crippen LogP contribution in [0.2, 0.25) is 0 Å². The van der Waals surface area contributed by atoms with E-state index in [1.54, 1.807) is 11.8 Å². The minimum Gasteiger partial charge on any atom is -0.465 e. The average molecular weight is 291 g/mol.